The van der Waals surface area contributed by atoms with E-state index in [9.17, 15) is 4.79 Å². The lowest BCUT2D eigenvalue weighted by molar-refractivity contribution is -0.159. The molecule has 3 N–H and O–H groups in total. The van der Waals surface area contributed by atoms with Crippen LogP contribution in [0.25, 0.3) is 0 Å². The fourth-order valence-corrected chi connectivity index (χ4v) is 1.90. The molecule has 0 aliphatic carbocycles. The van der Waals surface area contributed by atoms with Crippen LogP contribution in [0.15, 0.2) is 30.3 Å². The molecule has 0 saturated carbocycles. The zero-order chi connectivity index (χ0) is 17.9. The largest absolute Gasteiger partial charge is 0.473 e. The van der Waals surface area contributed by atoms with Crippen LogP contribution in [0.4, 0.5) is 5.69 Å². The highest BCUT2D eigenvalue weighted by Crippen LogP contribution is 2.08. The van der Waals surface area contributed by atoms with Gasteiger partial charge in [-0.25, -0.2) is 9.59 Å². The van der Waals surface area contributed by atoms with Crippen molar-refractivity contribution in [3.63, 3.8) is 0 Å². The first-order chi connectivity index (χ1) is 11.4. The minimum atomic E-state index is -1.82. The summed E-state index contributed by atoms with van der Waals surface area (Å²) in [5.41, 5.74) is 3.82. The summed E-state index contributed by atoms with van der Waals surface area (Å²) in [6.07, 6.45) is 0. The number of hydrogen-bond donors (Lipinski definition) is 3. The smallest absolute Gasteiger partial charge is 0.414 e. The summed E-state index contributed by atoms with van der Waals surface area (Å²) in [6.45, 7) is 3.48. The van der Waals surface area contributed by atoms with Gasteiger partial charge in [-0.15, -0.1) is 0 Å². The summed E-state index contributed by atoms with van der Waals surface area (Å²) in [7, 11) is 1.84. The number of para-hydroxylation sites is 1. The quantitative estimate of drug-likeness (QED) is 0.503. The number of carboxylic acids is 2. The van der Waals surface area contributed by atoms with E-state index >= 15 is 0 Å². The lowest BCUT2D eigenvalue weighted by Crippen LogP contribution is -2.47. The lowest BCUT2D eigenvalue weighted by atomic mass is 10.3. The van der Waals surface area contributed by atoms with Crippen molar-refractivity contribution in [2.24, 2.45) is 0 Å². The second-order valence-corrected chi connectivity index (χ2v) is 4.93. The second-order valence-electron chi connectivity index (χ2n) is 4.93. The van der Waals surface area contributed by atoms with Crippen molar-refractivity contribution >= 4 is 23.5 Å². The number of nitrogens with one attached hydrogen (secondary N) is 1. The maximum atomic E-state index is 11.9. The standard InChI is InChI=1S/C13H19N3O2.C2H2O4/c1-15(12-5-3-2-4-6-12)14-13(17)11-16-7-9-18-10-8-16;3-1(4)2(5)6/h2-6H,7-11H2,1H3,(H,14,17);(H,3,4)(H,5,6). The van der Waals surface area contributed by atoms with Gasteiger partial charge in [-0.05, 0) is 12.1 Å². The Kier molecular flexibility index (Phi) is 8.23. The Labute approximate surface area is 139 Å². The van der Waals surface area contributed by atoms with Gasteiger partial charge in [0.1, 0.15) is 0 Å². The van der Waals surface area contributed by atoms with Crippen LogP contribution >= 0.6 is 0 Å². The van der Waals surface area contributed by atoms with E-state index in [1.165, 1.54) is 0 Å². The zero-order valence-corrected chi connectivity index (χ0v) is 13.3. The predicted octanol–water partition coefficient (Wildman–Crippen LogP) is -0.358. The molecule has 0 spiro atoms. The number of ether oxygens (including phenoxy) is 1. The van der Waals surface area contributed by atoms with E-state index < -0.39 is 11.9 Å². The number of hydrazine groups is 1. The van der Waals surface area contributed by atoms with Crippen molar-refractivity contribution in [1.82, 2.24) is 10.3 Å². The summed E-state index contributed by atoms with van der Waals surface area (Å²) in [6, 6.07) is 9.75. The molecule has 24 heavy (non-hydrogen) atoms. The number of benzene rings is 1. The molecule has 1 saturated heterocycles. The molecule has 0 aromatic heterocycles. The van der Waals surface area contributed by atoms with Gasteiger partial charge < -0.3 is 14.9 Å². The van der Waals surface area contributed by atoms with Crippen LogP contribution in [-0.2, 0) is 19.1 Å². The Bertz CT molecular complexity index is 533. The average Bonchev–Trinajstić information content (AvgIpc) is 2.57. The number of hydrogen-bond acceptors (Lipinski definition) is 6. The average molecular weight is 339 g/mol. The van der Waals surface area contributed by atoms with E-state index in [2.05, 4.69) is 10.3 Å². The van der Waals surface area contributed by atoms with Gasteiger partial charge in [0.2, 0.25) is 0 Å². The Morgan fingerprint density at radius 2 is 1.67 bits per heavy atom. The van der Waals surface area contributed by atoms with Crippen LogP contribution in [0.1, 0.15) is 0 Å². The summed E-state index contributed by atoms with van der Waals surface area (Å²) >= 11 is 0. The van der Waals surface area contributed by atoms with Crippen LogP contribution in [0.2, 0.25) is 0 Å². The molecule has 0 radical (unpaired) electrons. The highest BCUT2D eigenvalue weighted by molar-refractivity contribution is 6.27. The first-order valence-electron chi connectivity index (χ1n) is 7.24. The highest BCUT2D eigenvalue weighted by atomic mass is 16.5. The molecule has 132 valence electrons. The van der Waals surface area contributed by atoms with E-state index in [-0.39, 0.29) is 5.91 Å². The van der Waals surface area contributed by atoms with E-state index in [4.69, 9.17) is 24.5 Å². The van der Waals surface area contributed by atoms with Gasteiger partial charge in [0.05, 0.1) is 25.4 Å². The van der Waals surface area contributed by atoms with Crippen molar-refractivity contribution in [2.45, 2.75) is 0 Å². The molecular weight excluding hydrogens is 318 g/mol. The molecule has 2 rings (SSSR count). The van der Waals surface area contributed by atoms with Crippen LogP contribution in [0.3, 0.4) is 0 Å². The van der Waals surface area contributed by atoms with Crippen molar-refractivity contribution in [3.8, 4) is 0 Å². The highest BCUT2D eigenvalue weighted by Gasteiger charge is 2.14. The monoisotopic (exact) mass is 339 g/mol. The van der Waals surface area contributed by atoms with Crippen molar-refractivity contribution < 1.29 is 29.3 Å². The molecule has 1 amide bonds. The van der Waals surface area contributed by atoms with Gasteiger partial charge in [-0.3, -0.25) is 20.1 Å². The third kappa shape index (κ3) is 7.56. The fourth-order valence-electron chi connectivity index (χ4n) is 1.90. The van der Waals surface area contributed by atoms with E-state index in [0.717, 1.165) is 18.8 Å². The van der Waals surface area contributed by atoms with Crippen molar-refractivity contribution in [2.75, 3.05) is 44.9 Å². The van der Waals surface area contributed by atoms with Gasteiger partial charge in [0, 0.05) is 20.1 Å². The third-order valence-electron chi connectivity index (χ3n) is 3.09. The van der Waals surface area contributed by atoms with Gasteiger partial charge in [-0.1, -0.05) is 18.2 Å². The molecule has 0 atom stereocenters. The van der Waals surface area contributed by atoms with Crippen molar-refractivity contribution in [1.29, 1.82) is 0 Å². The number of morpholine rings is 1. The molecule has 1 aliphatic rings. The zero-order valence-electron chi connectivity index (χ0n) is 13.3. The molecule has 1 fully saturated rings. The fraction of sp³-hybridized carbons (Fsp3) is 0.400. The molecule has 0 bridgehead atoms. The summed E-state index contributed by atoms with van der Waals surface area (Å²) < 4.78 is 5.25. The SMILES string of the molecule is CN(NC(=O)CN1CCOCC1)c1ccccc1.O=C(O)C(=O)O. The number of carbonyl (C=O) groups excluding carboxylic acids is 1. The number of aliphatic carboxylic acids is 2. The molecular formula is C15H21N3O6. The summed E-state index contributed by atoms with van der Waals surface area (Å²) in [4.78, 5) is 32.2. The maximum Gasteiger partial charge on any atom is 0.414 e. The van der Waals surface area contributed by atoms with Crippen molar-refractivity contribution in [3.05, 3.63) is 30.3 Å². The van der Waals surface area contributed by atoms with Gasteiger partial charge in [0.25, 0.3) is 5.91 Å². The number of anilines is 1. The number of nitrogens with zero attached hydrogens (tertiary/aromatic N) is 2. The Morgan fingerprint density at radius 1 is 1.12 bits per heavy atom. The summed E-state index contributed by atoms with van der Waals surface area (Å²) in [5.74, 6) is -3.65. The van der Waals surface area contributed by atoms with E-state index in [1.54, 1.807) is 5.01 Å². The Balaban J connectivity index is 0.000000413. The first kappa shape index (κ1) is 19.4. The number of carboxylic acid groups (broad SMARTS) is 2. The molecule has 9 heteroatoms. The Morgan fingerprint density at radius 3 is 2.17 bits per heavy atom. The minimum absolute atomic E-state index is 0.00301. The van der Waals surface area contributed by atoms with Crippen LogP contribution in [-0.4, -0.2) is 72.9 Å². The van der Waals surface area contributed by atoms with E-state index in [1.807, 2.05) is 37.4 Å². The second kappa shape index (κ2) is 10.2. The number of rotatable bonds is 4. The molecule has 0 unspecified atom stereocenters. The molecule has 9 nitrogen and oxygen atoms in total. The van der Waals surface area contributed by atoms with Crippen LogP contribution < -0.4 is 10.4 Å². The predicted molar refractivity (Wildman–Crippen MR) is 85.5 cm³/mol. The summed E-state index contributed by atoms with van der Waals surface area (Å²) in [5, 5.41) is 16.5. The third-order valence-corrected chi connectivity index (χ3v) is 3.09. The van der Waals surface area contributed by atoms with Gasteiger partial charge in [0.15, 0.2) is 0 Å². The molecule has 1 aromatic rings. The van der Waals surface area contributed by atoms with Gasteiger partial charge in [-0.2, -0.15) is 0 Å². The van der Waals surface area contributed by atoms with Gasteiger partial charge >= 0.3 is 11.9 Å². The normalized spacial score (nSPS) is 14.0. The molecule has 1 heterocycles. The molecule has 1 aromatic carbocycles. The van der Waals surface area contributed by atoms with E-state index in [0.29, 0.717) is 19.8 Å². The number of carbonyl (C=O) groups is 3. The van der Waals surface area contributed by atoms with Crippen LogP contribution in [0.5, 0.6) is 0 Å². The maximum absolute atomic E-state index is 11.9. The Hall–Kier alpha value is -2.65. The number of amides is 1. The topological polar surface area (TPSA) is 119 Å². The van der Waals surface area contributed by atoms with Crippen LogP contribution in [0, 0.1) is 0 Å². The molecule has 1 aliphatic heterocycles. The first-order valence-corrected chi connectivity index (χ1v) is 7.24. The minimum Gasteiger partial charge on any atom is -0.473 e. The lowest BCUT2D eigenvalue weighted by Gasteiger charge is -2.27.